The number of nitrogens with one attached hydrogen (secondary N) is 1. The highest BCUT2D eigenvalue weighted by atomic mass is 16.7. The largest absolute Gasteiger partial charge is 0.394 e. The standard InChI is InChI=1S/C48H87NO8/c1-3-5-7-9-11-13-15-17-19-20-21-22-24-26-28-30-32-34-36-38-44(52)49-41(40-56-48-47(55)46(54)45(53)43(39-50)57-48)42(51)37-35-33-31-29-27-25-23-18-16-14-12-10-8-6-4-2/h16-19,27,29,35,37,41-43,45-48,50-51,53-55H,3-15,20-26,28,30-34,36,38-40H2,1-2H3,(H,49,52)/b18-16+,19-17-,29-27+,37-35+. The Bertz CT molecular complexity index is 1030. The highest BCUT2D eigenvalue weighted by Gasteiger charge is 2.44. The molecule has 1 aliphatic rings. The van der Waals surface area contributed by atoms with Gasteiger partial charge in [-0.2, -0.15) is 0 Å². The molecule has 0 saturated carbocycles. The molecule has 1 saturated heterocycles. The van der Waals surface area contributed by atoms with E-state index in [9.17, 15) is 30.3 Å². The third-order valence-corrected chi connectivity index (χ3v) is 10.9. The van der Waals surface area contributed by atoms with Gasteiger partial charge in [0.05, 0.1) is 25.4 Å². The number of ether oxygens (including phenoxy) is 2. The summed E-state index contributed by atoms with van der Waals surface area (Å²) in [5.41, 5.74) is 0. The van der Waals surface area contributed by atoms with E-state index >= 15 is 0 Å². The Morgan fingerprint density at radius 3 is 1.47 bits per heavy atom. The fourth-order valence-electron chi connectivity index (χ4n) is 7.06. The Morgan fingerprint density at radius 1 is 0.579 bits per heavy atom. The summed E-state index contributed by atoms with van der Waals surface area (Å²) in [6.45, 7) is 3.72. The van der Waals surface area contributed by atoms with E-state index in [1.807, 2.05) is 6.08 Å². The molecule has 0 aromatic carbocycles. The van der Waals surface area contributed by atoms with Crippen LogP contribution in [0.25, 0.3) is 0 Å². The molecule has 9 nitrogen and oxygen atoms in total. The van der Waals surface area contributed by atoms with Crippen molar-refractivity contribution in [1.29, 1.82) is 0 Å². The minimum absolute atomic E-state index is 0.195. The lowest BCUT2D eigenvalue weighted by Crippen LogP contribution is -2.60. The molecular weight excluding hydrogens is 719 g/mol. The average molecular weight is 806 g/mol. The highest BCUT2D eigenvalue weighted by molar-refractivity contribution is 5.76. The molecule has 1 fully saturated rings. The first-order chi connectivity index (χ1) is 27.8. The van der Waals surface area contributed by atoms with Crippen LogP contribution in [0, 0.1) is 0 Å². The number of hydrogen-bond acceptors (Lipinski definition) is 8. The summed E-state index contributed by atoms with van der Waals surface area (Å²) < 4.78 is 11.2. The molecule has 0 spiro atoms. The van der Waals surface area contributed by atoms with E-state index in [0.717, 1.165) is 51.4 Å². The number of carbonyl (C=O) groups is 1. The molecule has 0 radical (unpaired) electrons. The molecular formula is C48H87NO8. The lowest BCUT2D eigenvalue weighted by atomic mass is 9.99. The molecule has 1 heterocycles. The van der Waals surface area contributed by atoms with Crippen molar-refractivity contribution in [2.45, 2.75) is 236 Å². The second-order valence-electron chi connectivity index (χ2n) is 16.2. The summed E-state index contributed by atoms with van der Waals surface area (Å²) in [7, 11) is 0. The number of carbonyl (C=O) groups excluding carboxylic acids is 1. The van der Waals surface area contributed by atoms with Crippen LogP contribution in [0.2, 0.25) is 0 Å². The maximum atomic E-state index is 13.0. The normalized spacial score (nSPS) is 21.4. The van der Waals surface area contributed by atoms with Crippen LogP contribution in [0.15, 0.2) is 48.6 Å². The van der Waals surface area contributed by atoms with Crippen molar-refractivity contribution >= 4 is 5.91 Å². The van der Waals surface area contributed by atoms with Crippen molar-refractivity contribution in [3.8, 4) is 0 Å². The first-order valence-corrected chi connectivity index (χ1v) is 23.4. The van der Waals surface area contributed by atoms with E-state index in [1.54, 1.807) is 6.08 Å². The average Bonchev–Trinajstić information content (AvgIpc) is 3.21. The van der Waals surface area contributed by atoms with Crippen molar-refractivity contribution in [3.05, 3.63) is 48.6 Å². The first-order valence-electron chi connectivity index (χ1n) is 23.4. The van der Waals surface area contributed by atoms with Crippen molar-refractivity contribution < 1.29 is 39.8 Å². The summed E-state index contributed by atoms with van der Waals surface area (Å²) in [6.07, 6.45) is 41.5. The number of hydrogen-bond donors (Lipinski definition) is 6. The van der Waals surface area contributed by atoms with Crippen LogP contribution in [-0.4, -0.2) is 87.5 Å². The fourth-order valence-corrected chi connectivity index (χ4v) is 7.06. The molecule has 9 heteroatoms. The summed E-state index contributed by atoms with van der Waals surface area (Å²) in [6, 6.07) is -0.828. The Kier molecular flexibility index (Phi) is 35.8. The Labute approximate surface area is 348 Å². The van der Waals surface area contributed by atoms with Gasteiger partial charge in [-0.3, -0.25) is 4.79 Å². The zero-order valence-corrected chi connectivity index (χ0v) is 36.3. The summed E-state index contributed by atoms with van der Waals surface area (Å²) in [4.78, 5) is 13.0. The van der Waals surface area contributed by atoms with E-state index in [0.29, 0.717) is 6.42 Å². The molecule has 332 valence electrons. The SMILES string of the molecule is CCCCCCC/C=C/CC/C=C/CC/C=C/C(O)C(COC1OC(CO)C(O)C(O)C1O)NC(=O)CCCCCCCCCCC/C=C\CCCCCCCC. The molecule has 57 heavy (non-hydrogen) atoms. The Hall–Kier alpha value is -1.85. The lowest BCUT2D eigenvalue weighted by Gasteiger charge is -2.40. The van der Waals surface area contributed by atoms with Crippen LogP contribution in [0.4, 0.5) is 0 Å². The van der Waals surface area contributed by atoms with Gasteiger partial charge >= 0.3 is 0 Å². The molecule has 1 amide bonds. The third-order valence-electron chi connectivity index (χ3n) is 10.9. The maximum Gasteiger partial charge on any atom is 0.220 e. The number of unbranched alkanes of at least 4 members (excludes halogenated alkanes) is 22. The predicted molar refractivity (Wildman–Crippen MR) is 235 cm³/mol. The van der Waals surface area contributed by atoms with Gasteiger partial charge in [0.25, 0.3) is 0 Å². The number of amides is 1. The van der Waals surface area contributed by atoms with Gasteiger partial charge in [0, 0.05) is 6.42 Å². The molecule has 0 bridgehead atoms. The molecule has 1 rings (SSSR count). The second-order valence-corrected chi connectivity index (χ2v) is 16.2. The molecule has 0 aromatic rings. The van der Waals surface area contributed by atoms with E-state index in [-0.39, 0.29) is 12.5 Å². The van der Waals surface area contributed by atoms with Crippen molar-refractivity contribution in [1.82, 2.24) is 5.32 Å². The predicted octanol–water partition coefficient (Wildman–Crippen LogP) is 9.84. The zero-order chi connectivity index (χ0) is 41.6. The van der Waals surface area contributed by atoms with Crippen molar-refractivity contribution in [2.24, 2.45) is 0 Å². The molecule has 7 atom stereocenters. The van der Waals surface area contributed by atoms with Gasteiger partial charge in [-0.15, -0.1) is 0 Å². The van der Waals surface area contributed by atoms with Gasteiger partial charge in [0.15, 0.2) is 6.29 Å². The van der Waals surface area contributed by atoms with Crippen LogP contribution < -0.4 is 5.32 Å². The molecule has 1 aliphatic heterocycles. The van der Waals surface area contributed by atoms with Gasteiger partial charge in [-0.1, -0.05) is 165 Å². The highest BCUT2D eigenvalue weighted by Crippen LogP contribution is 2.22. The molecule has 0 aromatic heterocycles. The summed E-state index contributed by atoms with van der Waals surface area (Å²) in [5.74, 6) is -0.195. The van der Waals surface area contributed by atoms with E-state index in [4.69, 9.17) is 9.47 Å². The third kappa shape index (κ3) is 29.1. The van der Waals surface area contributed by atoms with E-state index in [1.165, 1.54) is 122 Å². The van der Waals surface area contributed by atoms with Crippen LogP contribution >= 0.6 is 0 Å². The monoisotopic (exact) mass is 806 g/mol. The number of aliphatic hydroxyl groups excluding tert-OH is 5. The van der Waals surface area contributed by atoms with Gasteiger partial charge in [0.2, 0.25) is 5.91 Å². The first kappa shape index (κ1) is 53.2. The van der Waals surface area contributed by atoms with Crippen LogP contribution in [0.5, 0.6) is 0 Å². The molecule has 7 unspecified atom stereocenters. The van der Waals surface area contributed by atoms with Crippen LogP contribution in [0.3, 0.4) is 0 Å². The van der Waals surface area contributed by atoms with Gasteiger partial charge < -0.3 is 40.3 Å². The Morgan fingerprint density at radius 2 is 1.00 bits per heavy atom. The van der Waals surface area contributed by atoms with Crippen LogP contribution in [-0.2, 0) is 14.3 Å². The molecule has 6 N–H and O–H groups in total. The zero-order valence-electron chi connectivity index (χ0n) is 36.3. The minimum Gasteiger partial charge on any atom is -0.394 e. The number of aliphatic hydroxyl groups is 5. The summed E-state index contributed by atoms with van der Waals surface area (Å²) >= 11 is 0. The molecule has 0 aliphatic carbocycles. The lowest BCUT2D eigenvalue weighted by molar-refractivity contribution is -0.302. The quantitative estimate of drug-likeness (QED) is 0.0267. The second kappa shape index (κ2) is 38.4. The number of allylic oxidation sites excluding steroid dienone is 7. The maximum absolute atomic E-state index is 13.0. The van der Waals surface area contributed by atoms with Crippen LogP contribution in [0.1, 0.15) is 194 Å². The topological polar surface area (TPSA) is 149 Å². The summed E-state index contributed by atoms with van der Waals surface area (Å²) in [5, 5.41) is 54.1. The Balaban J connectivity index is 2.37. The van der Waals surface area contributed by atoms with E-state index < -0.39 is 49.5 Å². The van der Waals surface area contributed by atoms with Crippen molar-refractivity contribution in [2.75, 3.05) is 13.2 Å². The van der Waals surface area contributed by atoms with Gasteiger partial charge in [-0.25, -0.2) is 0 Å². The van der Waals surface area contributed by atoms with Crippen molar-refractivity contribution in [3.63, 3.8) is 0 Å². The van der Waals surface area contributed by atoms with Gasteiger partial charge in [-0.05, 0) is 70.6 Å². The van der Waals surface area contributed by atoms with Gasteiger partial charge in [0.1, 0.15) is 24.4 Å². The van der Waals surface area contributed by atoms with E-state index in [2.05, 4.69) is 55.6 Å². The smallest absolute Gasteiger partial charge is 0.220 e. The number of rotatable bonds is 38. The fraction of sp³-hybridized carbons (Fsp3) is 0.812. The minimum atomic E-state index is -1.57.